The van der Waals surface area contributed by atoms with Gasteiger partial charge in [0.15, 0.2) is 6.10 Å². The first kappa shape index (κ1) is 65.1. The van der Waals surface area contributed by atoms with Crippen LogP contribution in [0, 0.1) is 0 Å². The van der Waals surface area contributed by atoms with E-state index in [1.165, 1.54) is 161 Å². The summed E-state index contributed by atoms with van der Waals surface area (Å²) in [7, 11) is 0. The molecule has 0 aromatic carbocycles. The molecule has 0 aliphatic heterocycles. The molecule has 0 amide bonds. The average molecular weight is 952 g/mol. The molecule has 6 heteroatoms. The summed E-state index contributed by atoms with van der Waals surface area (Å²) in [6.45, 7) is 6.53. The molecular formula is C62H110O6. The van der Waals surface area contributed by atoms with Crippen LogP contribution in [-0.2, 0) is 28.6 Å². The van der Waals surface area contributed by atoms with Crippen molar-refractivity contribution in [3.05, 3.63) is 60.8 Å². The minimum Gasteiger partial charge on any atom is -0.462 e. The molecule has 0 saturated heterocycles. The third-order valence-corrected chi connectivity index (χ3v) is 12.8. The van der Waals surface area contributed by atoms with Crippen LogP contribution >= 0.6 is 0 Å². The maximum atomic E-state index is 12.9. The first-order valence-corrected chi connectivity index (χ1v) is 29.3. The van der Waals surface area contributed by atoms with E-state index in [1.807, 2.05) is 0 Å². The van der Waals surface area contributed by atoms with Gasteiger partial charge in [-0.1, -0.05) is 268 Å². The Labute approximate surface area is 421 Å². The van der Waals surface area contributed by atoms with E-state index in [9.17, 15) is 14.4 Å². The summed E-state index contributed by atoms with van der Waals surface area (Å²) >= 11 is 0. The van der Waals surface area contributed by atoms with E-state index in [-0.39, 0.29) is 31.1 Å². The van der Waals surface area contributed by atoms with Gasteiger partial charge in [-0.15, -0.1) is 0 Å². The molecule has 0 radical (unpaired) electrons. The van der Waals surface area contributed by atoms with Crippen LogP contribution < -0.4 is 0 Å². The van der Waals surface area contributed by atoms with Crippen molar-refractivity contribution in [2.45, 2.75) is 303 Å². The highest BCUT2D eigenvalue weighted by molar-refractivity contribution is 5.71. The highest BCUT2D eigenvalue weighted by atomic mass is 16.6. The van der Waals surface area contributed by atoms with Crippen molar-refractivity contribution in [2.75, 3.05) is 13.2 Å². The van der Waals surface area contributed by atoms with Gasteiger partial charge in [0, 0.05) is 19.3 Å². The Bertz CT molecular complexity index is 1230. The van der Waals surface area contributed by atoms with Crippen LogP contribution in [0.2, 0.25) is 0 Å². The molecule has 394 valence electrons. The number of hydrogen-bond donors (Lipinski definition) is 0. The average Bonchev–Trinajstić information content (AvgIpc) is 3.34. The Kier molecular flexibility index (Phi) is 54.3. The molecule has 0 N–H and O–H groups in total. The molecule has 0 aliphatic carbocycles. The molecule has 0 fully saturated rings. The van der Waals surface area contributed by atoms with Gasteiger partial charge in [-0.2, -0.15) is 0 Å². The zero-order valence-electron chi connectivity index (χ0n) is 45.1. The van der Waals surface area contributed by atoms with Crippen LogP contribution in [0.3, 0.4) is 0 Å². The normalized spacial score (nSPS) is 12.5. The SMILES string of the molecule is CC/C=C\C/C=C\CCCCCCCCCC(=O)OCC(COC(=O)CCCCCCC\C=C/C=C\C=C/CCCCCCC)OC(=O)CCCCCCCCCCCCCCCCCCCC. The summed E-state index contributed by atoms with van der Waals surface area (Å²) < 4.78 is 16.9. The van der Waals surface area contributed by atoms with Crippen molar-refractivity contribution in [2.24, 2.45) is 0 Å². The van der Waals surface area contributed by atoms with Gasteiger partial charge in [-0.3, -0.25) is 14.4 Å². The summed E-state index contributed by atoms with van der Waals surface area (Å²) in [6.07, 6.45) is 70.7. The van der Waals surface area contributed by atoms with Gasteiger partial charge in [0.25, 0.3) is 0 Å². The van der Waals surface area contributed by atoms with E-state index in [1.54, 1.807) is 0 Å². The molecule has 0 aromatic rings. The van der Waals surface area contributed by atoms with E-state index >= 15 is 0 Å². The number of carbonyl (C=O) groups is 3. The number of hydrogen-bond acceptors (Lipinski definition) is 6. The van der Waals surface area contributed by atoms with E-state index < -0.39 is 6.10 Å². The van der Waals surface area contributed by atoms with Crippen LogP contribution in [0.5, 0.6) is 0 Å². The Morgan fingerprint density at radius 3 is 1.00 bits per heavy atom. The first-order chi connectivity index (χ1) is 33.5. The van der Waals surface area contributed by atoms with Crippen molar-refractivity contribution in [3.63, 3.8) is 0 Å². The van der Waals surface area contributed by atoms with E-state index in [4.69, 9.17) is 14.2 Å². The molecule has 0 saturated carbocycles. The second kappa shape index (κ2) is 56.7. The molecule has 0 rings (SSSR count). The Balaban J connectivity index is 4.39. The molecule has 0 aliphatic rings. The van der Waals surface area contributed by atoms with Crippen molar-refractivity contribution < 1.29 is 28.6 Å². The Morgan fingerprint density at radius 1 is 0.324 bits per heavy atom. The lowest BCUT2D eigenvalue weighted by atomic mass is 10.0. The van der Waals surface area contributed by atoms with Gasteiger partial charge in [0.1, 0.15) is 13.2 Å². The second-order valence-electron chi connectivity index (χ2n) is 19.6. The third-order valence-electron chi connectivity index (χ3n) is 12.8. The molecule has 1 atom stereocenters. The number of unbranched alkanes of at least 4 members (excludes halogenated alkanes) is 34. The summed E-state index contributed by atoms with van der Waals surface area (Å²) in [5.41, 5.74) is 0. The predicted molar refractivity (Wildman–Crippen MR) is 293 cm³/mol. The lowest BCUT2D eigenvalue weighted by molar-refractivity contribution is -0.167. The minimum atomic E-state index is -0.784. The maximum Gasteiger partial charge on any atom is 0.306 e. The van der Waals surface area contributed by atoms with Gasteiger partial charge in [0.2, 0.25) is 0 Å². The minimum absolute atomic E-state index is 0.0829. The van der Waals surface area contributed by atoms with E-state index in [0.29, 0.717) is 19.3 Å². The topological polar surface area (TPSA) is 78.9 Å². The summed E-state index contributed by atoms with van der Waals surface area (Å²) in [4.78, 5) is 38.2. The van der Waals surface area contributed by atoms with Crippen molar-refractivity contribution in [1.82, 2.24) is 0 Å². The number of rotatable bonds is 53. The van der Waals surface area contributed by atoms with Gasteiger partial charge in [-0.25, -0.2) is 0 Å². The van der Waals surface area contributed by atoms with Crippen LogP contribution in [0.15, 0.2) is 60.8 Å². The zero-order valence-corrected chi connectivity index (χ0v) is 45.1. The molecular weight excluding hydrogens is 841 g/mol. The molecule has 0 heterocycles. The molecule has 1 unspecified atom stereocenters. The van der Waals surface area contributed by atoms with Gasteiger partial charge >= 0.3 is 17.9 Å². The predicted octanol–water partition coefficient (Wildman–Crippen LogP) is 19.6. The quantitative estimate of drug-likeness (QED) is 0.0199. The Hall–Kier alpha value is -2.89. The van der Waals surface area contributed by atoms with Gasteiger partial charge in [-0.05, 0) is 70.6 Å². The monoisotopic (exact) mass is 951 g/mol. The van der Waals surface area contributed by atoms with Crippen molar-refractivity contribution >= 4 is 17.9 Å². The zero-order chi connectivity index (χ0) is 49.3. The van der Waals surface area contributed by atoms with Crippen LogP contribution in [0.1, 0.15) is 297 Å². The lowest BCUT2D eigenvalue weighted by Crippen LogP contribution is -2.30. The largest absolute Gasteiger partial charge is 0.462 e. The number of allylic oxidation sites excluding steroid dienone is 10. The summed E-state index contributed by atoms with van der Waals surface area (Å²) in [5.74, 6) is -0.897. The number of esters is 3. The Morgan fingerprint density at radius 2 is 0.632 bits per heavy atom. The standard InChI is InChI=1S/C62H110O6/c1-4-7-10-13-16-19-22-25-28-30-32-34-37-40-43-46-49-52-55-61(64)67-58-59(57-66-60(63)54-51-48-45-42-39-36-27-24-21-18-15-12-9-6-3)68-62(65)56-53-50-47-44-41-38-35-33-31-29-26-23-20-17-14-11-8-5-2/h9,12,18,21-22,25,28,30,32,34,59H,4-8,10-11,13-17,19-20,23-24,26-27,29,31,33,35-58H2,1-3H3/b12-9-,21-18-,25-22-,30-28-,34-32-. The van der Waals surface area contributed by atoms with E-state index in [0.717, 1.165) is 96.3 Å². The summed E-state index contributed by atoms with van der Waals surface area (Å²) in [5, 5.41) is 0. The van der Waals surface area contributed by atoms with Crippen LogP contribution in [0.4, 0.5) is 0 Å². The van der Waals surface area contributed by atoms with Crippen molar-refractivity contribution in [3.8, 4) is 0 Å². The lowest BCUT2D eigenvalue weighted by Gasteiger charge is -2.18. The highest BCUT2D eigenvalue weighted by Gasteiger charge is 2.19. The smallest absolute Gasteiger partial charge is 0.306 e. The fourth-order valence-electron chi connectivity index (χ4n) is 8.42. The molecule has 68 heavy (non-hydrogen) atoms. The van der Waals surface area contributed by atoms with E-state index in [2.05, 4.69) is 81.5 Å². The molecule has 0 spiro atoms. The maximum absolute atomic E-state index is 12.9. The van der Waals surface area contributed by atoms with Crippen LogP contribution in [0.25, 0.3) is 0 Å². The van der Waals surface area contributed by atoms with Gasteiger partial charge in [0.05, 0.1) is 0 Å². The molecule has 6 nitrogen and oxygen atoms in total. The summed E-state index contributed by atoms with van der Waals surface area (Å²) in [6, 6.07) is 0. The number of ether oxygens (including phenoxy) is 3. The molecule has 0 bridgehead atoms. The molecule has 0 aromatic heterocycles. The fourth-order valence-corrected chi connectivity index (χ4v) is 8.42. The van der Waals surface area contributed by atoms with Crippen LogP contribution in [-0.4, -0.2) is 37.2 Å². The highest BCUT2D eigenvalue weighted by Crippen LogP contribution is 2.16. The third kappa shape index (κ3) is 54.1. The second-order valence-corrected chi connectivity index (χ2v) is 19.6. The fraction of sp³-hybridized carbons (Fsp3) is 0.790. The van der Waals surface area contributed by atoms with Gasteiger partial charge < -0.3 is 14.2 Å². The van der Waals surface area contributed by atoms with Crippen molar-refractivity contribution in [1.29, 1.82) is 0 Å². The number of carbonyl (C=O) groups excluding carboxylic acids is 3. The first-order valence-electron chi connectivity index (χ1n) is 29.3.